The van der Waals surface area contributed by atoms with Gasteiger partial charge in [-0.1, -0.05) is 6.92 Å². The van der Waals surface area contributed by atoms with Crippen molar-refractivity contribution < 1.29 is 28.5 Å². The Morgan fingerprint density at radius 2 is 2.24 bits per heavy atom. The molecule has 0 amide bonds. The molecule has 1 saturated heterocycles. The Bertz CT molecular complexity index is 320. The van der Waals surface area contributed by atoms with E-state index < -0.39 is 24.0 Å². The maximum Gasteiger partial charge on any atom is 0.513 e. The fourth-order valence-electron chi connectivity index (χ4n) is 1.17. The molecule has 1 heterocycles. The van der Waals surface area contributed by atoms with Crippen LogP contribution < -0.4 is 0 Å². The summed E-state index contributed by atoms with van der Waals surface area (Å²) >= 11 is 0. The summed E-state index contributed by atoms with van der Waals surface area (Å²) in [5.74, 6) is 0. The van der Waals surface area contributed by atoms with E-state index in [0.29, 0.717) is 0 Å². The van der Waals surface area contributed by atoms with Crippen LogP contribution in [0.1, 0.15) is 27.2 Å². The average molecular weight is 244 g/mol. The van der Waals surface area contributed by atoms with Crippen molar-refractivity contribution in [2.75, 3.05) is 6.61 Å². The van der Waals surface area contributed by atoms with Gasteiger partial charge in [-0.15, -0.1) is 0 Å². The van der Waals surface area contributed by atoms with Crippen LogP contribution >= 0.6 is 0 Å². The first-order chi connectivity index (χ1) is 7.95. The summed E-state index contributed by atoms with van der Waals surface area (Å²) in [5, 5.41) is 0. The summed E-state index contributed by atoms with van der Waals surface area (Å²) in [5.41, 5.74) is -0.809. The molecule has 1 fully saturated rings. The summed E-state index contributed by atoms with van der Waals surface area (Å²) < 4.78 is 19.1. The van der Waals surface area contributed by atoms with Gasteiger partial charge in [-0.05, 0) is 26.3 Å². The third-order valence-electron chi connectivity index (χ3n) is 2.21. The number of carbonyl (C=O) groups excluding carboxylic acids is 2. The zero-order valence-corrected chi connectivity index (χ0v) is 10.1. The maximum absolute atomic E-state index is 11.1. The van der Waals surface area contributed by atoms with Crippen molar-refractivity contribution in [2.45, 2.75) is 38.9 Å². The van der Waals surface area contributed by atoms with E-state index in [9.17, 15) is 9.59 Å². The first kappa shape index (κ1) is 13.3. The molecule has 6 heteroatoms. The van der Waals surface area contributed by atoms with Crippen LogP contribution in [0.25, 0.3) is 0 Å². The lowest BCUT2D eigenvalue weighted by atomic mass is 10.0. The lowest BCUT2D eigenvalue weighted by molar-refractivity contribution is 0.00614. The molecule has 1 aliphatic rings. The quantitative estimate of drug-likeness (QED) is 0.558. The van der Waals surface area contributed by atoms with Gasteiger partial charge in [0.15, 0.2) is 11.7 Å². The van der Waals surface area contributed by atoms with E-state index in [1.807, 2.05) is 6.92 Å². The molecule has 1 atom stereocenters. The molecule has 1 rings (SSSR count). The van der Waals surface area contributed by atoms with Crippen LogP contribution in [0.2, 0.25) is 0 Å². The lowest BCUT2D eigenvalue weighted by Gasteiger charge is -2.20. The topological polar surface area (TPSA) is 71.1 Å². The van der Waals surface area contributed by atoms with Crippen molar-refractivity contribution in [3.63, 3.8) is 0 Å². The first-order valence-electron chi connectivity index (χ1n) is 5.33. The highest BCUT2D eigenvalue weighted by Crippen LogP contribution is 2.26. The Labute approximate surface area is 99.5 Å². The van der Waals surface area contributed by atoms with Crippen LogP contribution in [0.15, 0.2) is 12.3 Å². The summed E-state index contributed by atoms with van der Waals surface area (Å²) in [6.45, 7) is 5.16. The first-order valence-corrected chi connectivity index (χ1v) is 5.33. The zero-order chi connectivity index (χ0) is 12.9. The van der Waals surface area contributed by atoms with Gasteiger partial charge in [-0.25, -0.2) is 9.59 Å². The van der Waals surface area contributed by atoms with Crippen LogP contribution in [0.4, 0.5) is 9.59 Å². The van der Waals surface area contributed by atoms with Crippen molar-refractivity contribution in [1.82, 2.24) is 0 Å². The maximum atomic E-state index is 11.1. The van der Waals surface area contributed by atoms with Gasteiger partial charge < -0.3 is 18.9 Å². The standard InChI is InChI=1S/C11H16O6/c1-4-5-6-14-9(12)15-7-8-11(2,3)17-10(13)16-8/h5-6,8H,4,7H2,1-3H3. The molecule has 0 radical (unpaired) electrons. The van der Waals surface area contributed by atoms with Crippen molar-refractivity contribution in [3.8, 4) is 0 Å². The average Bonchev–Trinajstić information content (AvgIpc) is 2.49. The van der Waals surface area contributed by atoms with Crippen LogP contribution in [-0.2, 0) is 18.9 Å². The Balaban J connectivity index is 2.33. The lowest BCUT2D eigenvalue weighted by Crippen LogP contribution is -2.37. The molecule has 6 nitrogen and oxygen atoms in total. The minimum atomic E-state index is -0.839. The minimum Gasteiger partial charge on any atom is -0.430 e. The summed E-state index contributed by atoms with van der Waals surface area (Å²) in [6, 6.07) is 0. The van der Waals surface area contributed by atoms with Crippen molar-refractivity contribution in [3.05, 3.63) is 12.3 Å². The van der Waals surface area contributed by atoms with E-state index in [2.05, 4.69) is 4.74 Å². The number of hydrogen-bond donors (Lipinski definition) is 0. The number of rotatable bonds is 4. The van der Waals surface area contributed by atoms with E-state index in [1.54, 1.807) is 19.9 Å². The molecule has 0 spiro atoms. The third kappa shape index (κ3) is 3.97. The molecule has 1 aliphatic heterocycles. The third-order valence-corrected chi connectivity index (χ3v) is 2.21. The van der Waals surface area contributed by atoms with Gasteiger partial charge in [0.2, 0.25) is 0 Å². The second-order valence-corrected chi connectivity index (χ2v) is 4.02. The van der Waals surface area contributed by atoms with Gasteiger partial charge in [0, 0.05) is 0 Å². The molecule has 17 heavy (non-hydrogen) atoms. The van der Waals surface area contributed by atoms with E-state index in [-0.39, 0.29) is 6.61 Å². The molecule has 0 aliphatic carbocycles. The molecule has 1 unspecified atom stereocenters. The molecule has 0 N–H and O–H groups in total. The van der Waals surface area contributed by atoms with E-state index in [4.69, 9.17) is 14.2 Å². The Kier molecular flexibility index (Phi) is 4.37. The normalized spacial score (nSPS) is 22.1. The highest BCUT2D eigenvalue weighted by Gasteiger charge is 2.44. The van der Waals surface area contributed by atoms with Gasteiger partial charge in [0.1, 0.15) is 6.61 Å². The number of cyclic esters (lactones) is 2. The molecule has 0 bridgehead atoms. The van der Waals surface area contributed by atoms with Crippen LogP contribution in [0, 0.1) is 0 Å². The fraction of sp³-hybridized carbons (Fsp3) is 0.636. The van der Waals surface area contributed by atoms with Crippen molar-refractivity contribution in [2.24, 2.45) is 0 Å². The van der Waals surface area contributed by atoms with Crippen molar-refractivity contribution >= 4 is 12.3 Å². The Morgan fingerprint density at radius 1 is 1.53 bits per heavy atom. The van der Waals surface area contributed by atoms with Crippen LogP contribution in [0.5, 0.6) is 0 Å². The van der Waals surface area contributed by atoms with Gasteiger partial charge in [-0.3, -0.25) is 0 Å². The van der Waals surface area contributed by atoms with Crippen LogP contribution in [0.3, 0.4) is 0 Å². The largest absolute Gasteiger partial charge is 0.513 e. The number of carbonyl (C=O) groups is 2. The SMILES string of the molecule is CCC=COC(=O)OCC1OC(=O)OC1(C)C. The molecule has 96 valence electrons. The predicted octanol–water partition coefficient (Wildman–Crippen LogP) is 2.38. The molecular formula is C11H16O6. The van der Waals surface area contributed by atoms with Crippen LogP contribution in [-0.4, -0.2) is 30.6 Å². The van der Waals surface area contributed by atoms with Gasteiger partial charge >= 0.3 is 12.3 Å². The summed E-state index contributed by atoms with van der Waals surface area (Å²) in [4.78, 5) is 22.0. The number of hydrogen-bond acceptors (Lipinski definition) is 6. The molecule has 0 aromatic rings. The van der Waals surface area contributed by atoms with Gasteiger partial charge in [0.25, 0.3) is 0 Å². The molecule has 0 aromatic heterocycles. The van der Waals surface area contributed by atoms with E-state index >= 15 is 0 Å². The second-order valence-electron chi connectivity index (χ2n) is 4.02. The van der Waals surface area contributed by atoms with E-state index in [0.717, 1.165) is 6.42 Å². The van der Waals surface area contributed by atoms with Crippen molar-refractivity contribution in [1.29, 1.82) is 0 Å². The number of ether oxygens (including phenoxy) is 4. The van der Waals surface area contributed by atoms with E-state index in [1.165, 1.54) is 6.26 Å². The van der Waals surface area contributed by atoms with Gasteiger partial charge in [-0.2, -0.15) is 0 Å². The Morgan fingerprint density at radius 3 is 2.76 bits per heavy atom. The highest BCUT2D eigenvalue weighted by molar-refractivity contribution is 5.64. The highest BCUT2D eigenvalue weighted by atomic mass is 16.8. The minimum absolute atomic E-state index is 0.0997. The summed E-state index contributed by atoms with van der Waals surface area (Å²) in [6.07, 6.45) is 1.46. The predicted molar refractivity (Wildman–Crippen MR) is 57.3 cm³/mol. The van der Waals surface area contributed by atoms with Gasteiger partial charge in [0.05, 0.1) is 6.26 Å². The summed E-state index contributed by atoms with van der Waals surface area (Å²) in [7, 11) is 0. The zero-order valence-electron chi connectivity index (χ0n) is 10.1. The molecule has 0 saturated carbocycles. The second kappa shape index (κ2) is 5.56. The fourth-order valence-corrected chi connectivity index (χ4v) is 1.17. The Hall–Kier alpha value is -1.72. The molecule has 0 aromatic carbocycles. The molecular weight excluding hydrogens is 228 g/mol. The number of allylic oxidation sites excluding steroid dienone is 1. The monoisotopic (exact) mass is 244 g/mol. The smallest absolute Gasteiger partial charge is 0.430 e.